The normalized spacial score (nSPS) is 11.9. The molecule has 1 aromatic carbocycles. The van der Waals surface area contributed by atoms with Crippen LogP contribution in [0.4, 0.5) is 13.2 Å². The Morgan fingerprint density at radius 3 is 2.63 bits per heavy atom. The van der Waals surface area contributed by atoms with E-state index in [0.717, 1.165) is 12.1 Å². The van der Waals surface area contributed by atoms with Gasteiger partial charge in [0.25, 0.3) is 0 Å². The fraction of sp³-hybridized carbons (Fsp3) is 0.333. The lowest BCUT2D eigenvalue weighted by molar-refractivity contribution is -0.137. The van der Waals surface area contributed by atoms with Gasteiger partial charge in [-0.3, -0.25) is 0 Å². The number of aromatic nitrogens is 3. The van der Waals surface area contributed by atoms with Crippen molar-refractivity contribution in [3.63, 3.8) is 0 Å². The fourth-order valence-corrected chi connectivity index (χ4v) is 1.51. The second kappa shape index (κ2) is 4.91. The third-order valence-electron chi connectivity index (χ3n) is 2.40. The van der Waals surface area contributed by atoms with E-state index in [1.807, 2.05) is 13.8 Å². The highest BCUT2D eigenvalue weighted by molar-refractivity contribution is 5.31. The molecule has 19 heavy (non-hydrogen) atoms. The van der Waals surface area contributed by atoms with Crippen LogP contribution in [0.15, 0.2) is 30.6 Å². The van der Waals surface area contributed by atoms with Crippen molar-refractivity contribution in [2.45, 2.75) is 26.1 Å². The molecule has 0 saturated heterocycles. The molecule has 2 aromatic rings. The topological polar surface area (TPSA) is 39.9 Å². The molecule has 0 radical (unpaired) electrons. The number of ether oxygens (including phenoxy) is 1. The molecule has 0 aliphatic rings. The molecule has 1 heterocycles. The van der Waals surface area contributed by atoms with Crippen molar-refractivity contribution in [3.8, 4) is 11.8 Å². The van der Waals surface area contributed by atoms with Crippen LogP contribution in [0.1, 0.15) is 25.5 Å². The number of nitrogens with zero attached hydrogens (tertiary/aromatic N) is 3. The highest BCUT2D eigenvalue weighted by Gasteiger charge is 2.30. The van der Waals surface area contributed by atoms with Crippen LogP contribution in [-0.2, 0) is 6.18 Å². The summed E-state index contributed by atoms with van der Waals surface area (Å²) in [5, 5.41) is 3.94. The Labute approximate surface area is 107 Å². The van der Waals surface area contributed by atoms with Crippen molar-refractivity contribution >= 4 is 0 Å². The summed E-state index contributed by atoms with van der Waals surface area (Å²) in [6.45, 7) is 3.74. The van der Waals surface area contributed by atoms with Gasteiger partial charge in [0.15, 0.2) is 0 Å². The zero-order valence-corrected chi connectivity index (χ0v) is 10.3. The summed E-state index contributed by atoms with van der Waals surface area (Å²) in [6, 6.07) is 4.81. The molecule has 0 fully saturated rings. The lowest BCUT2D eigenvalue weighted by Gasteiger charge is -2.11. The molecular weight excluding hydrogens is 259 g/mol. The monoisotopic (exact) mass is 271 g/mol. The van der Waals surface area contributed by atoms with E-state index in [4.69, 9.17) is 4.74 Å². The average molecular weight is 271 g/mol. The molecule has 0 aliphatic heterocycles. The Balaban J connectivity index is 2.26. The highest BCUT2D eigenvalue weighted by Crippen LogP contribution is 2.32. The first kappa shape index (κ1) is 13.4. The van der Waals surface area contributed by atoms with Crippen LogP contribution in [0.5, 0.6) is 11.8 Å². The van der Waals surface area contributed by atoms with E-state index in [-0.39, 0.29) is 17.8 Å². The molecule has 0 aliphatic carbocycles. The van der Waals surface area contributed by atoms with Gasteiger partial charge in [-0.15, -0.1) is 0 Å². The molecule has 102 valence electrons. The van der Waals surface area contributed by atoms with Crippen molar-refractivity contribution in [3.05, 3.63) is 36.2 Å². The van der Waals surface area contributed by atoms with E-state index in [1.54, 1.807) is 0 Å². The maximum absolute atomic E-state index is 12.6. The maximum Gasteiger partial charge on any atom is 0.416 e. The number of rotatable bonds is 3. The minimum Gasteiger partial charge on any atom is -0.424 e. The quantitative estimate of drug-likeness (QED) is 0.855. The molecule has 0 unspecified atom stereocenters. The Kier molecular flexibility index (Phi) is 3.46. The number of halogens is 3. The largest absolute Gasteiger partial charge is 0.424 e. The van der Waals surface area contributed by atoms with Gasteiger partial charge in [0.05, 0.1) is 11.6 Å². The Morgan fingerprint density at radius 2 is 2.00 bits per heavy atom. The number of hydrogen-bond donors (Lipinski definition) is 0. The Hall–Kier alpha value is -2.05. The van der Waals surface area contributed by atoms with Crippen molar-refractivity contribution in [1.82, 2.24) is 14.8 Å². The van der Waals surface area contributed by atoms with Gasteiger partial charge in [0.2, 0.25) is 0 Å². The van der Waals surface area contributed by atoms with Gasteiger partial charge in [-0.05, 0) is 32.0 Å². The lowest BCUT2D eigenvalue weighted by atomic mass is 10.2. The van der Waals surface area contributed by atoms with Gasteiger partial charge in [0, 0.05) is 0 Å². The lowest BCUT2D eigenvalue weighted by Crippen LogP contribution is -2.07. The van der Waals surface area contributed by atoms with Gasteiger partial charge in [-0.1, -0.05) is 6.07 Å². The summed E-state index contributed by atoms with van der Waals surface area (Å²) in [5.41, 5.74) is -0.763. The van der Waals surface area contributed by atoms with Gasteiger partial charge in [-0.25, -0.2) is 4.68 Å². The first-order valence-electron chi connectivity index (χ1n) is 5.62. The smallest absolute Gasteiger partial charge is 0.416 e. The van der Waals surface area contributed by atoms with E-state index >= 15 is 0 Å². The number of alkyl halides is 3. The molecule has 4 nitrogen and oxygen atoms in total. The molecule has 0 atom stereocenters. The summed E-state index contributed by atoms with van der Waals surface area (Å²) in [6.07, 6.45) is -3.10. The van der Waals surface area contributed by atoms with Crippen molar-refractivity contribution in [1.29, 1.82) is 0 Å². The number of benzene rings is 1. The predicted octanol–water partition coefficient (Wildman–Crippen LogP) is 3.67. The minimum absolute atomic E-state index is 0.00305. The van der Waals surface area contributed by atoms with E-state index in [9.17, 15) is 13.2 Å². The van der Waals surface area contributed by atoms with Crippen molar-refractivity contribution in [2.24, 2.45) is 0 Å². The van der Waals surface area contributed by atoms with Gasteiger partial charge < -0.3 is 4.74 Å². The van der Waals surface area contributed by atoms with Crippen LogP contribution in [0, 0.1) is 0 Å². The van der Waals surface area contributed by atoms with Crippen molar-refractivity contribution < 1.29 is 17.9 Å². The van der Waals surface area contributed by atoms with Crippen molar-refractivity contribution in [2.75, 3.05) is 0 Å². The van der Waals surface area contributed by atoms with Crippen LogP contribution in [-0.4, -0.2) is 14.8 Å². The fourth-order valence-electron chi connectivity index (χ4n) is 1.51. The summed E-state index contributed by atoms with van der Waals surface area (Å²) in [5.74, 6) is 0.0738. The molecule has 2 rings (SSSR count). The standard InChI is InChI=1S/C12H12F3N3O/c1-8(2)18-11(16-7-17-18)19-10-5-3-4-9(6-10)12(13,14)15/h3-8H,1-2H3. The second-order valence-electron chi connectivity index (χ2n) is 4.21. The molecule has 0 amide bonds. The zero-order valence-electron chi connectivity index (χ0n) is 10.3. The molecule has 0 saturated carbocycles. The first-order chi connectivity index (χ1) is 8.88. The molecule has 7 heteroatoms. The van der Waals surface area contributed by atoms with E-state index < -0.39 is 11.7 Å². The van der Waals surface area contributed by atoms with E-state index in [1.165, 1.54) is 23.1 Å². The van der Waals surface area contributed by atoms with E-state index in [0.29, 0.717) is 0 Å². The second-order valence-corrected chi connectivity index (χ2v) is 4.21. The minimum atomic E-state index is -4.40. The van der Waals surface area contributed by atoms with Crippen LogP contribution < -0.4 is 4.74 Å². The molecule has 0 bridgehead atoms. The van der Waals surface area contributed by atoms with Crippen LogP contribution in [0.25, 0.3) is 0 Å². The summed E-state index contributed by atoms with van der Waals surface area (Å²) >= 11 is 0. The van der Waals surface area contributed by atoms with Crippen LogP contribution in [0.2, 0.25) is 0 Å². The Bertz CT molecular complexity index is 563. The third kappa shape index (κ3) is 3.04. The maximum atomic E-state index is 12.6. The van der Waals surface area contributed by atoms with Crippen LogP contribution >= 0.6 is 0 Å². The first-order valence-corrected chi connectivity index (χ1v) is 5.62. The van der Waals surface area contributed by atoms with Gasteiger partial charge >= 0.3 is 12.2 Å². The Morgan fingerprint density at radius 1 is 1.26 bits per heavy atom. The summed E-state index contributed by atoms with van der Waals surface area (Å²) in [7, 11) is 0. The van der Waals surface area contributed by atoms with E-state index in [2.05, 4.69) is 10.1 Å². The highest BCUT2D eigenvalue weighted by atomic mass is 19.4. The van der Waals surface area contributed by atoms with Gasteiger partial charge in [0.1, 0.15) is 12.1 Å². The number of hydrogen-bond acceptors (Lipinski definition) is 3. The molecule has 0 spiro atoms. The predicted molar refractivity (Wildman–Crippen MR) is 61.9 cm³/mol. The van der Waals surface area contributed by atoms with Crippen LogP contribution in [0.3, 0.4) is 0 Å². The SMILES string of the molecule is CC(C)n1ncnc1Oc1cccc(C(F)(F)F)c1. The molecule has 0 N–H and O–H groups in total. The molecule has 1 aromatic heterocycles. The molecular formula is C12H12F3N3O. The third-order valence-corrected chi connectivity index (χ3v) is 2.40. The average Bonchev–Trinajstić information content (AvgIpc) is 2.76. The zero-order chi connectivity index (χ0) is 14.0. The summed E-state index contributed by atoms with van der Waals surface area (Å²) < 4.78 is 44.5. The van der Waals surface area contributed by atoms with Gasteiger partial charge in [-0.2, -0.15) is 23.3 Å². The summed E-state index contributed by atoms with van der Waals surface area (Å²) in [4.78, 5) is 3.87.